The summed E-state index contributed by atoms with van der Waals surface area (Å²) in [7, 11) is 1.07. The quantitative estimate of drug-likeness (QED) is 0.125. The molecule has 2 aromatic carbocycles. The van der Waals surface area contributed by atoms with Crippen molar-refractivity contribution < 1.29 is 45.8 Å². The van der Waals surface area contributed by atoms with Crippen molar-refractivity contribution in [1.29, 1.82) is 0 Å². The number of pyridine rings is 1. The molecule has 2 aromatic heterocycles. The molecule has 0 N–H and O–H groups in total. The van der Waals surface area contributed by atoms with Crippen molar-refractivity contribution in [3.8, 4) is 27.3 Å². The summed E-state index contributed by atoms with van der Waals surface area (Å²) in [6.07, 6.45) is -1.84. The molecule has 4 aliphatic rings. The van der Waals surface area contributed by atoms with Crippen molar-refractivity contribution in [3.63, 3.8) is 0 Å². The number of carbonyl (C=O) groups is 2. The van der Waals surface area contributed by atoms with Gasteiger partial charge in [-0.3, -0.25) is 19.3 Å². The zero-order valence-corrected chi connectivity index (χ0v) is 27.4. The molecule has 4 aromatic rings. The van der Waals surface area contributed by atoms with E-state index in [0.29, 0.717) is 27.1 Å². The number of amides is 1. The largest absolute Gasteiger partial charge is 0.510 e. The monoisotopic (exact) mass is 713 g/mol. The normalized spacial score (nSPS) is 21.3. The average molecular weight is 714 g/mol. The fraction of sp³-hybridized carbons (Fsp3) is 0.343. The predicted molar refractivity (Wildman–Crippen MR) is 171 cm³/mol. The molecule has 50 heavy (non-hydrogen) atoms. The van der Waals surface area contributed by atoms with E-state index in [1.165, 1.54) is 33.2 Å². The third-order valence-corrected chi connectivity index (χ3v) is 11.1. The van der Waals surface area contributed by atoms with Crippen LogP contribution in [0.25, 0.3) is 21.6 Å². The van der Waals surface area contributed by atoms with Gasteiger partial charge in [0.2, 0.25) is 23.9 Å². The van der Waals surface area contributed by atoms with E-state index in [4.69, 9.17) is 9.47 Å². The Morgan fingerprint density at radius 2 is 1.86 bits per heavy atom. The summed E-state index contributed by atoms with van der Waals surface area (Å²) in [5.74, 6) is -10.1. The number of piperidine rings is 1. The third-order valence-electron chi connectivity index (χ3n) is 10.0. The summed E-state index contributed by atoms with van der Waals surface area (Å²) in [4.78, 5) is 41.2. The molecule has 8 rings (SSSR count). The van der Waals surface area contributed by atoms with Gasteiger partial charge in [0.05, 0.1) is 18.7 Å². The van der Waals surface area contributed by atoms with E-state index in [2.05, 4.69) is 4.74 Å². The summed E-state index contributed by atoms with van der Waals surface area (Å²) in [5.41, 5.74) is 0.591. The number of methoxy groups -OCH3 is 1. The van der Waals surface area contributed by atoms with Gasteiger partial charge in [-0.25, -0.2) is 26.7 Å². The summed E-state index contributed by atoms with van der Waals surface area (Å²) >= 11 is 1.26. The first-order valence-corrected chi connectivity index (χ1v) is 16.7. The lowest BCUT2D eigenvalue weighted by atomic mass is 9.80. The maximum atomic E-state index is 15.9. The smallest absolute Gasteiger partial charge is 0.451 e. The molecule has 0 saturated carbocycles. The summed E-state index contributed by atoms with van der Waals surface area (Å²) in [6.45, 7) is -0.102. The number of nitrogens with zero attached hydrogens (tertiary/aromatic N) is 3. The van der Waals surface area contributed by atoms with E-state index in [1.807, 2.05) is 6.07 Å². The molecular weight excluding hydrogens is 685 g/mol. The third kappa shape index (κ3) is 4.72. The molecule has 4 heterocycles. The Morgan fingerprint density at radius 1 is 1.08 bits per heavy atom. The van der Waals surface area contributed by atoms with Crippen LogP contribution in [0.3, 0.4) is 0 Å². The Hall–Kier alpha value is -4.92. The Morgan fingerprint density at radius 3 is 2.62 bits per heavy atom. The van der Waals surface area contributed by atoms with E-state index in [-0.39, 0.29) is 36.2 Å². The highest BCUT2D eigenvalue weighted by Gasteiger charge is 2.53. The van der Waals surface area contributed by atoms with Gasteiger partial charge in [-0.1, -0.05) is 30.3 Å². The van der Waals surface area contributed by atoms with Gasteiger partial charge >= 0.3 is 6.16 Å². The minimum absolute atomic E-state index is 0.0101. The standard InChI is InChI=1S/C35H28F5N3O6S/c1-34(37,38)18-9-11-41-24(13-18)43(42-12-10-23(44)30(29(42)32(41)45)48-16-49-33(46)47-2)28-19-5-3-4-6-20(19)31-25-17(15-50-31)14-35(39,40)27-22(36)8-7-21(28)26(25)27/h3-8,10,12,15,18,24,28H,9,11,13-14,16H2,1-2H3/t18?,24-,28-/m1/s1. The van der Waals surface area contributed by atoms with Crippen LogP contribution in [-0.4, -0.2) is 54.2 Å². The molecule has 9 nitrogen and oxygen atoms in total. The van der Waals surface area contributed by atoms with Gasteiger partial charge in [0.1, 0.15) is 12.0 Å². The topological polar surface area (TPSA) is 90.3 Å². The maximum absolute atomic E-state index is 15.9. The predicted octanol–water partition coefficient (Wildman–Crippen LogP) is 7.04. The second-order valence-electron chi connectivity index (χ2n) is 12.8. The molecule has 1 fully saturated rings. The molecule has 260 valence electrons. The van der Waals surface area contributed by atoms with E-state index in [9.17, 15) is 14.4 Å². The number of thiophene rings is 1. The van der Waals surface area contributed by atoms with Gasteiger partial charge in [-0.05, 0) is 53.5 Å². The minimum Gasteiger partial charge on any atom is -0.451 e. The second-order valence-corrected chi connectivity index (χ2v) is 13.7. The maximum Gasteiger partial charge on any atom is 0.510 e. The van der Waals surface area contributed by atoms with Gasteiger partial charge < -0.3 is 19.1 Å². The van der Waals surface area contributed by atoms with Gasteiger partial charge in [0, 0.05) is 47.2 Å². The highest BCUT2D eigenvalue weighted by Crippen LogP contribution is 2.58. The number of alkyl halides is 4. The van der Waals surface area contributed by atoms with Crippen molar-refractivity contribution in [2.45, 2.75) is 50.2 Å². The molecule has 1 saturated heterocycles. The fourth-order valence-corrected chi connectivity index (χ4v) is 8.99. The van der Waals surface area contributed by atoms with Gasteiger partial charge in [0.15, 0.2) is 5.69 Å². The van der Waals surface area contributed by atoms with E-state index >= 15 is 22.0 Å². The molecule has 3 atom stereocenters. The lowest BCUT2D eigenvalue weighted by Crippen LogP contribution is -2.65. The first kappa shape index (κ1) is 32.3. The number of ether oxygens (including phenoxy) is 3. The van der Waals surface area contributed by atoms with Crippen LogP contribution < -0.4 is 15.2 Å². The van der Waals surface area contributed by atoms with Crippen LogP contribution in [0.5, 0.6) is 5.75 Å². The number of hydrogen-bond donors (Lipinski definition) is 0. The molecule has 0 bridgehead atoms. The fourth-order valence-electron chi connectivity index (χ4n) is 7.87. The van der Waals surface area contributed by atoms with Crippen LogP contribution in [0.15, 0.2) is 58.8 Å². The van der Waals surface area contributed by atoms with E-state index in [1.54, 1.807) is 28.6 Å². The summed E-state index contributed by atoms with van der Waals surface area (Å²) in [5, 5.41) is 3.28. The number of fused-ring (bicyclic) bond motifs is 4. The Balaban J connectivity index is 1.42. The van der Waals surface area contributed by atoms with Gasteiger partial charge in [-0.15, -0.1) is 11.3 Å². The zero-order chi connectivity index (χ0) is 35.3. The number of rotatable bonds is 5. The highest BCUT2D eigenvalue weighted by molar-refractivity contribution is 7.14. The van der Waals surface area contributed by atoms with Crippen molar-refractivity contribution in [2.24, 2.45) is 5.92 Å². The Bertz CT molecular complexity index is 2150. The van der Waals surface area contributed by atoms with Crippen molar-refractivity contribution in [1.82, 2.24) is 9.58 Å². The van der Waals surface area contributed by atoms with Crippen LogP contribution in [0.4, 0.5) is 26.7 Å². The number of halogens is 5. The number of hydrogen-bond acceptors (Lipinski definition) is 8. The zero-order valence-electron chi connectivity index (χ0n) is 26.6. The SMILES string of the molecule is COC(=O)OCOc1c2n(ccc1=O)N([C@@H]1c3ccccc3-c3scc4c3-c3c1ccc(F)c3C(F)(F)C4)[C@@H]1CC(C(C)(F)F)CCN1C2=O. The summed E-state index contributed by atoms with van der Waals surface area (Å²) in [6, 6.07) is 9.61. The first-order chi connectivity index (χ1) is 23.8. The Kier molecular flexibility index (Phi) is 7.30. The molecular formula is C35H28F5N3O6S. The molecule has 1 amide bonds. The molecule has 0 radical (unpaired) electrons. The van der Waals surface area contributed by atoms with Crippen molar-refractivity contribution in [2.75, 3.05) is 25.5 Å². The first-order valence-electron chi connectivity index (χ1n) is 15.8. The lowest BCUT2D eigenvalue weighted by Gasteiger charge is -2.53. The van der Waals surface area contributed by atoms with Crippen LogP contribution in [0.2, 0.25) is 0 Å². The molecule has 2 aliphatic heterocycles. The highest BCUT2D eigenvalue weighted by atomic mass is 32.1. The van der Waals surface area contributed by atoms with Crippen molar-refractivity contribution in [3.05, 3.63) is 98.0 Å². The minimum atomic E-state index is -3.56. The average Bonchev–Trinajstić information content (AvgIpc) is 3.44. The van der Waals surface area contributed by atoms with Crippen molar-refractivity contribution >= 4 is 23.4 Å². The van der Waals surface area contributed by atoms with Crippen LogP contribution >= 0.6 is 11.3 Å². The number of benzene rings is 2. The van der Waals surface area contributed by atoms with E-state index < -0.39 is 77.8 Å². The second kappa shape index (κ2) is 11.3. The number of aromatic nitrogens is 1. The lowest BCUT2D eigenvalue weighted by molar-refractivity contribution is -0.0745. The van der Waals surface area contributed by atoms with Gasteiger partial charge in [0.25, 0.3) is 11.8 Å². The summed E-state index contributed by atoms with van der Waals surface area (Å²) < 4.78 is 93.7. The Labute approximate surface area is 285 Å². The van der Waals surface area contributed by atoms with Crippen LogP contribution in [0.1, 0.15) is 58.5 Å². The molecule has 15 heteroatoms. The van der Waals surface area contributed by atoms with Gasteiger partial charge in [-0.2, -0.15) is 0 Å². The van der Waals surface area contributed by atoms with Crippen LogP contribution in [-0.2, 0) is 21.8 Å². The molecule has 2 aliphatic carbocycles. The van der Waals surface area contributed by atoms with E-state index in [0.717, 1.165) is 26.2 Å². The van der Waals surface area contributed by atoms with Crippen LogP contribution in [0, 0.1) is 11.7 Å². The molecule has 1 unspecified atom stereocenters. The molecule has 0 spiro atoms. The number of carbonyl (C=O) groups excluding carboxylic acids is 2.